The number of nitrogens with zero attached hydrogens (tertiary/aromatic N) is 1. The Morgan fingerprint density at radius 2 is 1.90 bits per heavy atom. The molecule has 1 aromatic rings. The number of aryl methyl sites for hydroxylation is 2. The second kappa shape index (κ2) is 5.65. The first-order chi connectivity index (χ1) is 9.40. The van der Waals surface area contributed by atoms with Crippen molar-refractivity contribution in [2.75, 3.05) is 7.05 Å². The molecule has 1 aromatic carbocycles. The molecule has 4 nitrogen and oxygen atoms in total. The van der Waals surface area contributed by atoms with E-state index in [1.807, 2.05) is 26.0 Å². The first kappa shape index (κ1) is 14.6. The van der Waals surface area contributed by atoms with Gasteiger partial charge in [-0.15, -0.1) is 0 Å². The van der Waals surface area contributed by atoms with Gasteiger partial charge in [-0.25, -0.2) is 0 Å². The highest BCUT2D eigenvalue weighted by Gasteiger charge is 2.42. The van der Waals surface area contributed by atoms with Crippen LogP contribution in [0.3, 0.4) is 0 Å². The molecular weight excluding hydrogens is 254 g/mol. The normalized spacial score (nSPS) is 21.1. The molecule has 2 rings (SSSR count). The lowest BCUT2D eigenvalue weighted by Gasteiger charge is -2.35. The van der Waals surface area contributed by atoms with Crippen LogP contribution in [0.25, 0.3) is 0 Å². The minimum atomic E-state index is -0.852. The largest absolute Gasteiger partial charge is 0.481 e. The van der Waals surface area contributed by atoms with Crippen molar-refractivity contribution >= 4 is 11.9 Å². The van der Waals surface area contributed by atoms with Gasteiger partial charge in [-0.3, -0.25) is 9.59 Å². The molecule has 2 unspecified atom stereocenters. The zero-order valence-corrected chi connectivity index (χ0v) is 12.2. The van der Waals surface area contributed by atoms with Crippen LogP contribution in [-0.4, -0.2) is 28.9 Å². The van der Waals surface area contributed by atoms with Crippen LogP contribution in [-0.2, 0) is 16.1 Å². The van der Waals surface area contributed by atoms with Gasteiger partial charge in [-0.1, -0.05) is 23.8 Å². The number of carboxylic acid groups (broad SMARTS) is 1. The fraction of sp³-hybridized carbons (Fsp3) is 0.500. The van der Waals surface area contributed by atoms with E-state index in [1.165, 1.54) is 5.56 Å². The first-order valence-corrected chi connectivity index (χ1v) is 6.94. The number of hydrogen-bond donors (Lipinski definition) is 1. The number of aliphatic carboxylic acids is 1. The van der Waals surface area contributed by atoms with Crippen molar-refractivity contribution in [1.29, 1.82) is 0 Å². The third kappa shape index (κ3) is 2.84. The van der Waals surface area contributed by atoms with Crippen molar-refractivity contribution in [2.24, 2.45) is 11.8 Å². The number of carboxylic acids is 1. The smallest absolute Gasteiger partial charge is 0.307 e. The molecule has 20 heavy (non-hydrogen) atoms. The highest BCUT2D eigenvalue weighted by Crippen LogP contribution is 2.36. The van der Waals surface area contributed by atoms with Crippen molar-refractivity contribution in [3.8, 4) is 0 Å². The van der Waals surface area contributed by atoms with Crippen molar-refractivity contribution < 1.29 is 14.7 Å². The molecule has 0 aromatic heterocycles. The standard InChI is InChI=1S/C16H21NO3/c1-10-4-5-11(2)12(8-10)9-17(3)15(18)13-6-7-14(13)16(19)20/h4-5,8,13-14H,6-7,9H2,1-3H3,(H,19,20). The molecule has 0 heterocycles. The maximum Gasteiger partial charge on any atom is 0.307 e. The van der Waals surface area contributed by atoms with Crippen molar-refractivity contribution in [3.05, 3.63) is 34.9 Å². The Morgan fingerprint density at radius 3 is 2.45 bits per heavy atom. The van der Waals surface area contributed by atoms with Gasteiger partial charge in [0.15, 0.2) is 0 Å². The summed E-state index contributed by atoms with van der Waals surface area (Å²) in [6, 6.07) is 6.17. The Morgan fingerprint density at radius 1 is 1.25 bits per heavy atom. The number of benzene rings is 1. The average Bonchev–Trinajstić information content (AvgIpc) is 2.31. The lowest BCUT2D eigenvalue weighted by molar-refractivity contribution is -0.156. The molecule has 1 N–H and O–H groups in total. The molecular formula is C16H21NO3. The molecule has 1 aliphatic carbocycles. The second-order valence-electron chi connectivity index (χ2n) is 5.75. The highest BCUT2D eigenvalue weighted by atomic mass is 16.4. The van der Waals surface area contributed by atoms with Crippen LogP contribution in [0, 0.1) is 25.7 Å². The number of rotatable bonds is 4. The summed E-state index contributed by atoms with van der Waals surface area (Å²) in [6.45, 7) is 4.59. The predicted octanol–water partition coefficient (Wildman–Crippen LogP) is 2.37. The van der Waals surface area contributed by atoms with Gasteiger partial charge in [-0.2, -0.15) is 0 Å². The van der Waals surface area contributed by atoms with Gasteiger partial charge >= 0.3 is 5.97 Å². The molecule has 1 aliphatic rings. The van der Waals surface area contributed by atoms with E-state index in [9.17, 15) is 9.59 Å². The Labute approximate surface area is 119 Å². The van der Waals surface area contributed by atoms with E-state index in [1.54, 1.807) is 11.9 Å². The third-order valence-electron chi connectivity index (χ3n) is 4.20. The summed E-state index contributed by atoms with van der Waals surface area (Å²) >= 11 is 0. The lowest BCUT2D eigenvalue weighted by atomic mass is 9.73. The van der Waals surface area contributed by atoms with Crippen LogP contribution in [0.5, 0.6) is 0 Å². The molecule has 1 amide bonds. The third-order valence-corrected chi connectivity index (χ3v) is 4.20. The summed E-state index contributed by atoms with van der Waals surface area (Å²) in [7, 11) is 1.75. The Kier molecular flexibility index (Phi) is 4.12. The van der Waals surface area contributed by atoms with Crippen molar-refractivity contribution in [1.82, 2.24) is 4.90 Å². The molecule has 0 bridgehead atoms. The molecule has 4 heteroatoms. The summed E-state index contributed by atoms with van der Waals surface area (Å²) in [4.78, 5) is 25.0. The SMILES string of the molecule is Cc1ccc(C)c(CN(C)C(=O)C2CCC2C(=O)O)c1. The van der Waals surface area contributed by atoms with Crippen LogP contribution in [0.4, 0.5) is 0 Å². The number of carbonyl (C=O) groups excluding carboxylic acids is 1. The summed E-state index contributed by atoms with van der Waals surface area (Å²) < 4.78 is 0. The van der Waals surface area contributed by atoms with Gasteiger partial charge in [0.2, 0.25) is 5.91 Å². The summed E-state index contributed by atoms with van der Waals surface area (Å²) in [5.41, 5.74) is 3.43. The minimum Gasteiger partial charge on any atom is -0.481 e. The van der Waals surface area contributed by atoms with Crippen molar-refractivity contribution in [2.45, 2.75) is 33.2 Å². The Balaban J connectivity index is 2.04. The summed E-state index contributed by atoms with van der Waals surface area (Å²) in [6.07, 6.45) is 1.30. The first-order valence-electron chi connectivity index (χ1n) is 6.94. The quantitative estimate of drug-likeness (QED) is 0.917. The zero-order chi connectivity index (χ0) is 14.9. The molecule has 0 aliphatic heterocycles. The monoisotopic (exact) mass is 275 g/mol. The minimum absolute atomic E-state index is 0.0513. The molecule has 0 spiro atoms. The highest BCUT2D eigenvalue weighted by molar-refractivity contribution is 5.86. The molecule has 1 saturated carbocycles. The maximum absolute atomic E-state index is 12.3. The summed E-state index contributed by atoms with van der Waals surface area (Å²) in [5.74, 6) is -1.74. The van der Waals surface area contributed by atoms with Gasteiger partial charge in [0.05, 0.1) is 11.8 Å². The predicted molar refractivity (Wildman–Crippen MR) is 76.2 cm³/mol. The molecule has 108 valence electrons. The van der Waals surface area contributed by atoms with E-state index in [0.29, 0.717) is 19.4 Å². The van der Waals surface area contributed by atoms with E-state index in [-0.39, 0.29) is 11.8 Å². The van der Waals surface area contributed by atoms with Gasteiger partial charge in [0.1, 0.15) is 0 Å². The van der Waals surface area contributed by atoms with Gasteiger partial charge in [-0.05, 0) is 37.8 Å². The van der Waals surface area contributed by atoms with Crippen LogP contribution in [0.1, 0.15) is 29.5 Å². The van der Waals surface area contributed by atoms with Crippen molar-refractivity contribution in [3.63, 3.8) is 0 Å². The molecule has 1 fully saturated rings. The molecule has 2 atom stereocenters. The summed E-state index contributed by atoms with van der Waals surface area (Å²) in [5, 5.41) is 9.03. The topological polar surface area (TPSA) is 57.6 Å². The van der Waals surface area contributed by atoms with E-state index in [0.717, 1.165) is 11.1 Å². The molecule has 0 saturated heterocycles. The fourth-order valence-electron chi connectivity index (χ4n) is 2.68. The lowest BCUT2D eigenvalue weighted by Crippen LogP contribution is -2.44. The number of amides is 1. The van der Waals surface area contributed by atoms with Gasteiger partial charge in [0, 0.05) is 13.6 Å². The fourth-order valence-corrected chi connectivity index (χ4v) is 2.68. The van der Waals surface area contributed by atoms with Crippen LogP contribution in [0.2, 0.25) is 0 Å². The Bertz CT molecular complexity index is 539. The zero-order valence-electron chi connectivity index (χ0n) is 12.2. The Hall–Kier alpha value is -1.84. The van der Waals surface area contributed by atoms with Crippen LogP contribution >= 0.6 is 0 Å². The van der Waals surface area contributed by atoms with Crippen LogP contribution < -0.4 is 0 Å². The maximum atomic E-state index is 12.3. The second-order valence-corrected chi connectivity index (χ2v) is 5.75. The van der Waals surface area contributed by atoms with E-state index in [4.69, 9.17) is 5.11 Å². The van der Waals surface area contributed by atoms with E-state index in [2.05, 4.69) is 6.07 Å². The number of carbonyl (C=O) groups is 2. The van der Waals surface area contributed by atoms with E-state index < -0.39 is 11.9 Å². The molecule has 0 radical (unpaired) electrons. The average molecular weight is 275 g/mol. The van der Waals surface area contributed by atoms with Gasteiger partial charge < -0.3 is 10.0 Å². The van der Waals surface area contributed by atoms with E-state index >= 15 is 0 Å². The number of hydrogen-bond acceptors (Lipinski definition) is 2. The van der Waals surface area contributed by atoms with Crippen LogP contribution in [0.15, 0.2) is 18.2 Å². The van der Waals surface area contributed by atoms with Gasteiger partial charge in [0.25, 0.3) is 0 Å².